The van der Waals surface area contributed by atoms with Gasteiger partial charge >= 0.3 is 0 Å². The van der Waals surface area contributed by atoms with Gasteiger partial charge in [0.1, 0.15) is 33.5 Å². The first-order valence-corrected chi connectivity index (χ1v) is 18.4. The molecule has 0 aliphatic carbocycles. The van der Waals surface area contributed by atoms with Crippen molar-refractivity contribution in [1.82, 2.24) is 14.9 Å². The molecule has 4 heterocycles. The van der Waals surface area contributed by atoms with Crippen molar-refractivity contribution in [3.05, 3.63) is 152 Å². The Labute approximate surface area is 306 Å². The van der Waals surface area contributed by atoms with Gasteiger partial charge in [-0.15, -0.1) is 22.7 Å². The van der Waals surface area contributed by atoms with Crippen molar-refractivity contribution in [2.24, 2.45) is 0 Å². The van der Waals surface area contributed by atoms with Gasteiger partial charge in [-0.1, -0.05) is 60.7 Å². The highest BCUT2D eigenvalue weighted by molar-refractivity contribution is 7.19. The lowest BCUT2D eigenvalue weighted by Crippen LogP contribution is -2.41. The lowest BCUT2D eigenvalue weighted by atomic mass is 9.87. The molecule has 2 aromatic heterocycles. The van der Waals surface area contributed by atoms with E-state index >= 15 is 0 Å². The second kappa shape index (κ2) is 13.2. The van der Waals surface area contributed by atoms with E-state index in [-0.39, 0.29) is 5.91 Å². The molecule has 0 bridgehead atoms. The molecule has 1 fully saturated rings. The van der Waals surface area contributed by atoms with Crippen LogP contribution in [0, 0.1) is 22.7 Å². The number of carbonyl (C=O) groups is 1. The number of nitrogens with zero attached hydrogens (tertiary/aromatic N) is 5. The van der Waals surface area contributed by atoms with Crippen LogP contribution in [0.3, 0.4) is 0 Å². The molecule has 7 aromatic rings. The van der Waals surface area contributed by atoms with Gasteiger partial charge in [0.25, 0.3) is 5.91 Å². The average molecular weight is 714 g/mol. The minimum atomic E-state index is -0.616. The molecule has 0 radical (unpaired) electrons. The van der Waals surface area contributed by atoms with Crippen LogP contribution in [0.4, 0.5) is 0 Å². The van der Waals surface area contributed by atoms with E-state index in [4.69, 9.17) is 19.4 Å². The monoisotopic (exact) mass is 713 g/mol. The summed E-state index contributed by atoms with van der Waals surface area (Å²) < 4.78 is 14.3. The number of fused-ring (bicyclic) bond motifs is 4. The van der Waals surface area contributed by atoms with E-state index in [2.05, 4.69) is 12.1 Å². The van der Waals surface area contributed by atoms with Crippen LogP contribution < -0.4 is 15.2 Å². The number of morpholine rings is 1. The van der Waals surface area contributed by atoms with Gasteiger partial charge in [-0.05, 0) is 64.9 Å². The second-order valence-corrected chi connectivity index (χ2v) is 14.5. The molecular weight excluding hydrogens is 687 g/mol. The summed E-state index contributed by atoms with van der Waals surface area (Å²) in [5, 5.41) is 23.6. The zero-order valence-corrected chi connectivity index (χ0v) is 29.2. The van der Waals surface area contributed by atoms with Crippen LogP contribution >= 0.6 is 22.7 Å². The molecular formula is C42H27N5O3S2. The van der Waals surface area contributed by atoms with E-state index in [1.807, 2.05) is 114 Å². The van der Waals surface area contributed by atoms with Crippen molar-refractivity contribution < 1.29 is 14.3 Å². The van der Waals surface area contributed by atoms with E-state index in [0.717, 1.165) is 47.9 Å². The van der Waals surface area contributed by atoms with Gasteiger partial charge in [0.2, 0.25) is 0 Å². The zero-order chi connectivity index (χ0) is 35.2. The fourth-order valence-electron chi connectivity index (χ4n) is 6.86. The molecule has 250 valence electrons. The van der Waals surface area contributed by atoms with Crippen molar-refractivity contribution in [2.75, 3.05) is 26.3 Å². The van der Waals surface area contributed by atoms with Crippen LogP contribution in [0.2, 0.25) is 0 Å². The first-order chi connectivity index (χ1) is 25.6. The largest absolute Gasteiger partial charge is 0.456 e. The van der Waals surface area contributed by atoms with E-state index in [1.54, 1.807) is 0 Å². The standard InChI is InChI=1S/C42H27N5O3S2/c43-23-31(40-45-33-9-3-5-11-37(33)51-40)25-13-15-29-35(21-25)50-36-22-26(32(24-44)41-46-34-10-4-6-12-38(34)52-41)14-16-30(36)39(29)27-7-1-2-8-28(27)42(48)47-17-19-49-20-18-47/h1-16,21-22,31H,17-20H2. The highest BCUT2D eigenvalue weighted by Gasteiger charge is 2.28. The third-order valence-electron chi connectivity index (χ3n) is 9.40. The maximum Gasteiger partial charge on any atom is 0.254 e. The number of thiazole rings is 2. The minimum absolute atomic E-state index is 0.0643. The van der Waals surface area contributed by atoms with Crippen LogP contribution in [-0.4, -0.2) is 47.1 Å². The van der Waals surface area contributed by atoms with Gasteiger partial charge in [-0.2, -0.15) is 10.5 Å². The molecule has 0 N–H and O–H groups in total. The van der Waals surface area contributed by atoms with Gasteiger partial charge in [-0.3, -0.25) is 4.79 Å². The number of hydrogen-bond acceptors (Lipinski definition) is 9. The molecule has 0 saturated carbocycles. The molecule has 9 rings (SSSR count). The van der Waals surface area contributed by atoms with Gasteiger partial charge < -0.3 is 14.4 Å². The van der Waals surface area contributed by atoms with Gasteiger partial charge in [0, 0.05) is 35.0 Å². The van der Waals surface area contributed by atoms with Crippen molar-refractivity contribution in [3.8, 4) is 23.6 Å². The predicted octanol–water partition coefficient (Wildman–Crippen LogP) is 7.11. The Hall–Kier alpha value is -6.17. The Morgan fingerprint density at radius 2 is 1.50 bits per heavy atom. The number of benzene rings is 5. The van der Waals surface area contributed by atoms with E-state index < -0.39 is 5.92 Å². The van der Waals surface area contributed by atoms with Crippen LogP contribution in [0.25, 0.3) is 31.6 Å². The highest BCUT2D eigenvalue weighted by Crippen LogP contribution is 2.41. The lowest BCUT2D eigenvalue weighted by molar-refractivity contribution is 0.0302. The molecule has 1 unspecified atom stereocenters. The Balaban J connectivity index is 1.24. The number of carbonyl (C=O) groups excluding carboxylic acids is 1. The Morgan fingerprint density at radius 1 is 0.769 bits per heavy atom. The third kappa shape index (κ3) is 5.51. The van der Waals surface area contributed by atoms with Crippen LogP contribution in [0.1, 0.15) is 43.0 Å². The fourth-order valence-corrected chi connectivity index (χ4v) is 8.88. The van der Waals surface area contributed by atoms with Gasteiger partial charge in [-0.25, -0.2) is 9.97 Å². The molecule has 8 nitrogen and oxygen atoms in total. The third-order valence-corrected chi connectivity index (χ3v) is 11.6. The number of para-hydroxylation sites is 2. The molecule has 10 heteroatoms. The molecule has 2 aliphatic rings. The summed E-state index contributed by atoms with van der Waals surface area (Å²) in [7, 11) is 0. The molecule has 1 atom stereocenters. The molecule has 1 amide bonds. The topological polar surface area (TPSA) is 112 Å². The first kappa shape index (κ1) is 31.8. The smallest absolute Gasteiger partial charge is 0.254 e. The average Bonchev–Trinajstić information content (AvgIpc) is 3.82. The summed E-state index contributed by atoms with van der Waals surface area (Å²) in [6.45, 7) is 2.03. The summed E-state index contributed by atoms with van der Waals surface area (Å²) in [4.78, 5) is 25.4. The second-order valence-electron chi connectivity index (χ2n) is 12.4. The minimum Gasteiger partial charge on any atom is -0.456 e. The number of hydrogen-bond donors (Lipinski definition) is 0. The Kier molecular flexibility index (Phi) is 8.06. The molecule has 5 aromatic carbocycles. The number of nitriles is 2. The summed E-state index contributed by atoms with van der Waals surface area (Å²) in [6.07, 6.45) is 0. The summed E-state index contributed by atoms with van der Waals surface area (Å²) >= 11 is 2.98. The fraction of sp³-hybridized carbons (Fsp3) is 0.119. The highest BCUT2D eigenvalue weighted by atomic mass is 32.1. The van der Waals surface area contributed by atoms with Crippen molar-refractivity contribution in [2.45, 2.75) is 5.92 Å². The maximum atomic E-state index is 14.1. The number of ether oxygens (including phenoxy) is 2. The quantitative estimate of drug-likeness (QED) is 0.187. The van der Waals surface area contributed by atoms with E-state index in [1.165, 1.54) is 22.7 Å². The van der Waals surface area contributed by atoms with Gasteiger partial charge in [0.15, 0.2) is 0 Å². The number of aromatic nitrogens is 2. The van der Waals surface area contributed by atoms with E-state index in [0.29, 0.717) is 64.2 Å². The Morgan fingerprint density at radius 3 is 2.25 bits per heavy atom. The molecule has 52 heavy (non-hydrogen) atoms. The van der Waals surface area contributed by atoms with Crippen molar-refractivity contribution in [3.63, 3.8) is 0 Å². The lowest BCUT2D eigenvalue weighted by Gasteiger charge is -2.28. The number of amides is 1. The van der Waals surface area contributed by atoms with Crippen molar-refractivity contribution in [1.29, 1.82) is 10.5 Å². The van der Waals surface area contributed by atoms with Crippen molar-refractivity contribution >= 4 is 60.2 Å². The summed E-state index contributed by atoms with van der Waals surface area (Å²) in [5.74, 6) is 0.402. The van der Waals surface area contributed by atoms with Crippen LogP contribution in [0.5, 0.6) is 11.5 Å². The maximum absolute atomic E-state index is 14.1. The zero-order valence-electron chi connectivity index (χ0n) is 27.6. The van der Waals surface area contributed by atoms with Gasteiger partial charge in [0.05, 0.1) is 45.3 Å². The predicted molar refractivity (Wildman–Crippen MR) is 202 cm³/mol. The normalized spacial score (nSPS) is 14.9. The van der Waals surface area contributed by atoms with Crippen LogP contribution in [-0.2, 0) is 4.74 Å². The van der Waals surface area contributed by atoms with Crippen LogP contribution in [0.15, 0.2) is 109 Å². The molecule has 2 aliphatic heterocycles. The SMILES string of the molecule is N#CC(c1nc2ccccc2s1)=c1ccc2c(c1)Oc1cc(C(C#N)c3nc4ccccc4s3)ccc1C=2c1ccccc1C(=O)N1CCOCC1. The number of rotatable bonds is 5. The summed E-state index contributed by atoms with van der Waals surface area (Å²) in [6, 6.07) is 39.8. The first-order valence-electron chi connectivity index (χ1n) is 16.8. The summed E-state index contributed by atoms with van der Waals surface area (Å²) in [5.41, 5.74) is 5.85. The Bertz CT molecular complexity index is 2720. The van der Waals surface area contributed by atoms with E-state index in [9.17, 15) is 15.3 Å². The molecule has 0 spiro atoms. The molecule has 1 saturated heterocycles.